The molecule has 1 heterocycles. The number of esters is 1. The minimum Gasteiger partial charge on any atom is -0.452 e. The molecule has 0 bridgehead atoms. The number of hydrogen-bond acceptors (Lipinski definition) is 5. The van der Waals surface area contributed by atoms with Gasteiger partial charge in [0.05, 0.1) is 24.7 Å². The summed E-state index contributed by atoms with van der Waals surface area (Å²) in [5.41, 5.74) is 1.80. The second kappa shape index (κ2) is 9.52. The number of benzene rings is 3. The molecule has 0 spiro atoms. The summed E-state index contributed by atoms with van der Waals surface area (Å²) in [5.74, 6) is -1.41. The maximum atomic E-state index is 12.4. The molecule has 4 amide bonds. The highest BCUT2D eigenvalue weighted by atomic mass is 16.5. The molecular weight excluding hydrogens is 422 g/mol. The van der Waals surface area contributed by atoms with E-state index < -0.39 is 24.5 Å². The quantitative estimate of drug-likeness (QED) is 0.430. The fourth-order valence-electron chi connectivity index (χ4n) is 3.80. The molecular formula is C25H23N3O5. The number of carbonyl (C=O) groups is 4. The van der Waals surface area contributed by atoms with Crippen LogP contribution in [0.3, 0.4) is 0 Å². The Morgan fingerprint density at radius 3 is 2.61 bits per heavy atom. The number of rotatable bonds is 7. The standard InChI is InChI=1S/C25H23N3O5/c1-16(20-11-5-8-18-7-2-3-10-21(18)20)27-22(29)15-33-24(31)19-9-4-6-17(12-19)14-28-23(30)13-26-25(28)32/h2-12,16H,13-15H2,1H3,(H,26,32)(H,27,29). The number of fused-ring (bicyclic) bond motifs is 1. The first-order chi connectivity index (χ1) is 15.9. The van der Waals surface area contributed by atoms with Crippen molar-refractivity contribution in [3.8, 4) is 0 Å². The number of nitrogens with one attached hydrogen (secondary N) is 2. The molecule has 1 aliphatic rings. The SMILES string of the molecule is CC(NC(=O)COC(=O)c1cccc(CN2C(=O)CNC2=O)c1)c1cccc2ccccc12. The molecule has 1 aliphatic heterocycles. The van der Waals surface area contributed by atoms with Crippen LogP contribution < -0.4 is 10.6 Å². The summed E-state index contributed by atoms with van der Waals surface area (Å²) in [5, 5.41) is 7.44. The summed E-state index contributed by atoms with van der Waals surface area (Å²) in [7, 11) is 0. The van der Waals surface area contributed by atoms with Crippen molar-refractivity contribution in [3.63, 3.8) is 0 Å². The first-order valence-corrected chi connectivity index (χ1v) is 10.5. The molecule has 8 heteroatoms. The number of hydrogen-bond donors (Lipinski definition) is 2. The summed E-state index contributed by atoms with van der Waals surface area (Å²) in [4.78, 5) is 49.4. The molecule has 1 unspecified atom stereocenters. The van der Waals surface area contributed by atoms with Crippen LogP contribution in [0.5, 0.6) is 0 Å². The fraction of sp³-hybridized carbons (Fsp3) is 0.200. The van der Waals surface area contributed by atoms with Gasteiger partial charge in [0.25, 0.3) is 5.91 Å². The van der Waals surface area contributed by atoms with Gasteiger partial charge in [-0.3, -0.25) is 14.5 Å². The Balaban J connectivity index is 1.34. The van der Waals surface area contributed by atoms with Gasteiger partial charge in [-0.05, 0) is 41.0 Å². The zero-order valence-electron chi connectivity index (χ0n) is 18.0. The molecule has 1 saturated heterocycles. The van der Waals surface area contributed by atoms with Crippen LogP contribution in [0.25, 0.3) is 10.8 Å². The molecule has 3 aromatic rings. The first kappa shape index (κ1) is 22.0. The van der Waals surface area contributed by atoms with Gasteiger partial charge in [0.2, 0.25) is 5.91 Å². The van der Waals surface area contributed by atoms with Gasteiger partial charge in [0.15, 0.2) is 6.61 Å². The first-order valence-electron chi connectivity index (χ1n) is 10.5. The lowest BCUT2D eigenvalue weighted by atomic mass is 10.00. The number of amides is 4. The Hall–Kier alpha value is -4.20. The van der Waals surface area contributed by atoms with Gasteiger partial charge < -0.3 is 15.4 Å². The van der Waals surface area contributed by atoms with Crippen LogP contribution in [0.4, 0.5) is 4.79 Å². The third-order valence-corrected chi connectivity index (χ3v) is 5.44. The van der Waals surface area contributed by atoms with Gasteiger partial charge >= 0.3 is 12.0 Å². The maximum Gasteiger partial charge on any atom is 0.338 e. The van der Waals surface area contributed by atoms with Crippen LogP contribution >= 0.6 is 0 Å². The Morgan fingerprint density at radius 2 is 1.82 bits per heavy atom. The van der Waals surface area contributed by atoms with Crippen molar-refractivity contribution in [1.82, 2.24) is 15.5 Å². The summed E-state index contributed by atoms with van der Waals surface area (Å²) < 4.78 is 5.17. The Morgan fingerprint density at radius 1 is 1.06 bits per heavy atom. The van der Waals surface area contributed by atoms with E-state index in [-0.39, 0.29) is 30.6 Å². The van der Waals surface area contributed by atoms with Gasteiger partial charge in [-0.1, -0.05) is 54.6 Å². The van der Waals surface area contributed by atoms with Gasteiger partial charge in [-0.2, -0.15) is 0 Å². The number of carbonyl (C=O) groups excluding carboxylic acids is 4. The topological polar surface area (TPSA) is 105 Å². The zero-order valence-corrected chi connectivity index (χ0v) is 18.0. The van der Waals surface area contributed by atoms with E-state index in [1.165, 1.54) is 6.07 Å². The molecule has 1 atom stereocenters. The van der Waals surface area contributed by atoms with Crippen LogP contribution in [0.15, 0.2) is 66.7 Å². The zero-order chi connectivity index (χ0) is 23.4. The van der Waals surface area contributed by atoms with E-state index in [0.29, 0.717) is 5.56 Å². The molecule has 0 aliphatic carbocycles. The van der Waals surface area contributed by atoms with Crippen LogP contribution in [0, 0.1) is 0 Å². The van der Waals surface area contributed by atoms with Crippen molar-refractivity contribution in [1.29, 1.82) is 0 Å². The van der Waals surface area contributed by atoms with Crippen molar-refractivity contribution < 1.29 is 23.9 Å². The van der Waals surface area contributed by atoms with Crippen molar-refractivity contribution in [3.05, 3.63) is 83.4 Å². The summed E-state index contributed by atoms with van der Waals surface area (Å²) in [6.07, 6.45) is 0. The summed E-state index contributed by atoms with van der Waals surface area (Å²) >= 11 is 0. The normalized spacial score (nSPS) is 14.2. The summed E-state index contributed by atoms with van der Waals surface area (Å²) in [6, 6.07) is 19.5. The highest BCUT2D eigenvalue weighted by Crippen LogP contribution is 2.24. The smallest absolute Gasteiger partial charge is 0.338 e. The van der Waals surface area contributed by atoms with E-state index >= 15 is 0 Å². The average Bonchev–Trinajstić information content (AvgIpc) is 3.14. The van der Waals surface area contributed by atoms with E-state index in [0.717, 1.165) is 21.2 Å². The molecule has 0 saturated carbocycles. The van der Waals surface area contributed by atoms with Crippen molar-refractivity contribution in [2.24, 2.45) is 0 Å². The molecule has 4 rings (SSSR count). The second-order valence-corrected chi connectivity index (χ2v) is 7.77. The van der Waals surface area contributed by atoms with Crippen molar-refractivity contribution in [2.45, 2.75) is 19.5 Å². The predicted molar refractivity (Wildman–Crippen MR) is 121 cm³/mol. The number of nitrogens with zero attached hydrogens (tertiary/aromatic N) is 1. The molecule has 168 valence electrons. The van der Waals surface area contributed by atoms with Gasteiger partial charge in [-0.15, -0.1) is 0 Å². The van der Waals surface area contributed by atoms with Crippen molar-refractivity contribution >= 4 is 34.6 Å². The summed E-state index contributed by atoms with van der Waals surface area (Å²) in [6.45, 7) is 1.47. The third-order valence-electron chi connectivity index (χ3n) is 5.44. The molecule has 8 nitrogen and oxygen atoms in total. The highest BCUT2D eigenvalue weighted by Gasteiger charge is 2.28. The highest BCUT2D eigenvalue weighted by molar-refractivity contribution is 6.02. The number of urea groups is 1. The minimum atomic E-state index is -0.665. The lowest BCUT2D eigenvalue weighted by Crippen LogP contribution is -2.31. The maximum absolute atomic E-state index is 12.4. The van der Waals surface area contributed by atoms with E-state index in [1.54, 1.807) is 18.2 Å². The third kappa shape index (κ3) is 5.01. The van der Waals surface area contributed by atoms with Crippen LogP contribution in [0.2, 0.25) is 0 Å². The second-order valence-electron chi connectivity index (χ2n) is 7.77. The largest absolute Gasteiger partial charge is 0.452 e. The number of imide groups is 1. The molecule has 33 heavy (non-hydrogen) atoms. The Kier molecular flexibility index (Phi) is 6.35. The van der Waals surface area contributed by atoms with E-state index in [1.807, 2.05) is 49.4 Å². The fourth-order valence-corrected chi connectivity index (χ4v) is 3.80. The van der Waals surface area contributed by atoms with E-state index in [2.05, 4.69) is 10.6 Å². The van der Waals surface area contributed by atoms with Gasteiger partial charge in [0.1, 0.15) is 0 Å². The van der Waals surface area contributed by atoms with Crippen molar-refractivity contribution in [2.75, 3.05) is 13.2 Å². The lowest BCUT2D eigenvalue weighted by molar-refractivity contribution is -0.125. The minimum absolute atomic E-state index is 0.0348. The van der Waals surface area contributed by atoms with Gasteiger partial charge in [-0.25, -0.2) is 9.59 Å². The lowest BCUT2D eigenvalue weighted by Gasteiger charge is -2.17. The number of ether oxygens (including phenoxy) is 1. The molecule has 2 N–H and O–H groups in total. The van der Waals surface area contributed by atoms with E-state index in [9.17, 15) is 19.2 Å². The average molecular weight is 445 g/mol. The van der Waals surface area contributed by atoms with Crippen LogP contribution in [0.1, 0.15) is 34.5 Å². The molecule has 0 radical (unpaired) electrons. The Bertz CT molecular complexity index is 1220. The molecule has 0 aromatic heterocycles. The van der Waals surface area contributed by atoms with Crippen LogP contribution in [-0.2, 0) is 20.9 Å². The monoisotopic (exact) mass is 445 g/mol. The molecule has 3 aromatic carbocycles. The molecule has 1 fully saturated rings. The van der Waals surface area contributed by atoms with Gasteiger partial charge in [0, 0.05) is 0 Å². The van der Waals surface area contributed by atoms with E-state index in [4.69, 9.17) is 4.74 Å². The van der Waals surface area contributed by atoms with Crippen LogP contribution in [-0.4, -0.2) is 41.9 Å². The Labute approximate surface area is 190 Å². The predicted octanol–water partition coefficient (Wildman–Crippen LogP) is 2.93.